The molecule has 0 aromatic heterocycles. The third kappa shape index (κ3) is 5.27. The zero-order valence-electron chi connectivity index (χ0n) is 14.6. The number of fused-ring (bicyclic) bond motifs is 1. The first kappa shape index (κ1) is 18.8. The number of nitrogens with one attached hydrogen (secondary N) is 1. The summed E-state index contributed by atoms with van der Waals surface area (Å²) >= 11 is 5.86. The number of rotatable bonds is 7. The Morgan fingerprint density at radius 1 is 1.11 bits per heavy atom. The maximum Gasteiger partial charge on any atom is 0.344 e. The molecule has 0 atom stereocenters. The van der Waals surface area contributed by atoms with E-state index in [0.29, 0.717) is 22.3 Å². The molecule has 142 valence electrons. The molecule has 1 aliphatic heterocycles. The SMILES string of the molecule is Cc1cc(Cl)ccc1OCC(=O)OCC(=O)NCc1ccc2c(c1)OCO2. The number of hydrogen-bond acceptors (Lipinski definition) is 6. The van der Waals surface area contributed by atoms with Gasteiger partial charge in [0.1, 0.15) is 5.75 Å². The summed E-state index contributed by atoms with van der Waals surface area (Å²) in [4.78, 5) is 23.5. The highest BCUT2D eigenvalue weighted by molar-refractivity contribution is 6.30. The van der Waals surface area contributed by atoms with Gasteiger partial charge in [0.2, 0.25) is 6.79 Å². The first-order valence-electron chi connectivity index (χ1n) is 8.21. The van der Waals surface area contributed by atoms with E-state index in [-0.39, 0.29) is 26.6 Å². The third-order valence-corrected chi connectivity index (χ3v) is 4.01. The third-order valence-electron chi connectivity index (χ3n) is 3.77. The number of halogens is 1. The van der Waals surface area contributed by atoms with E-state index in [0.717, 1.165) is 11.1 Å². The largest absolute Gasteiger partial charge is 0.482 e. The first-order chi connectivity index (χ1) is 13.0. The van der Waals surface area contributed by atoms with Crippen LogP contribution in [0.1, 0.15) is 11.1 Å². The molecular weight excluding hydrogens is 374 g/mol. The summed E-state index contributed by atoms with van der Waals surface area (Å²) in [6.45, 7) is 1.62. The highest BCUT2D eigenvalue weighted by Gasteiger charge is 2.14. The molecule has 0 bridgehead atoms. The van der Waals surface area contributed by atoms with Crippen molar-refractivity contribution in [3.05, 3.63) is 52.5 Å². The summed E-state index contributed by atoms with van der Waals surface area (Å²) in [5, 5.41) is 3.25. The lowest BCUT2D eigenvalue weighted by atomic mass is 10.2. The van der Waals surface area contributed by atoms with Crippen molar-refractivity contribution in [2.45, 2.75) is 13.5 Å². The second-order valence-corrected chi connectivity index (χ2v) is 6.26. The Morgan fingerprint density at radius 2 is 1.93 bits per heavy atom. The van der Waals surface area contributed by atoms with Crippen molar-refractivity contribution in [1.82, 2.24) is 5.32 Å². The van der Waals surface area contributed by atoms with Crippen molar-refractivity contribution in [3.63, 3.8) is 0 Å². The number of carbonyl (C=O) groups is 2. The number of esters is 1. The number of carbonyl (C=O) groups excluding carboxylic acids is 2. The van der Waals surface area contributed by atoms with Gasteiger partial charge in [0.25, 0.3) is 5.91 Å². The number of benzene rings is 2. The van der Waals surface area contributed by atoms with Gasteiger partial charge in [-0.05, 0) is 48.4 Å². The molecule has 0 fully saturated rings. The lowest BCUT2D eigenvalue weighted by Crippen LogP contribution is -2.29. The highest BCUT2D eigenvalue weighted by Crippen LogP contribution is 2.32. The van der Waals surface area contributed by atoms with Crippen molar-refractivity contribution < 1.29 is 28.5 Å². The minimum Gasteiger partial charge on any atom is -0.482 e. The van der Waals surface area contributed by atoms with E-state index in [1.54, 1.807) is 30.3 Å². The average Bonchev–Trinajstić information content (AvgIpc) is 3.11. The van der Waals surface area contributed by atoms with Crippen LogP contribution in [0.25, 0.3) is 0 Å². The Bertz CT molecular complexity index is 854. The van der Waals surface area contributed by atoms with Crippen LogP contribution in [-0.2, 0) is 20.9 Å². The molecule has 2 aromatic carbocycles. The van der Waals surface area contributed by atoms with E-state index in [4.69, 9.17) is 30.5 Å². The quantitative estimate of drug-likeness (QED) is 0.730. The summed E-state index contributed by atoms with van der Waals surface area (Å²) < 4.78 is 20.8. The van der Waals surface area contributed by atoms with Crippen LogP contribution in [0.5, 0.6) is 17.2 Å². The van der Waals surface area contributed by atoms with Crippen LogP contribution in [0, 0.1) is 6.92 Å². The second kappa shape index (κ2) is 8.64. The normalized spacial score (nSPS) is 11.8. The van der Waals surface area contributed by atoms with Crippen LogP contribution < -0.4 is 19.5 Å². The molecular formula is C19H18ClNO6. The van der Waals surface area contributed by atoms with E-state index >= 15 is 0 Å². The standard InChI is InChI=1S/C19H18ClNO6/c1-12-6-14(20)3-5-15(12)24-10-19(23)25-9-18(22)21-8-13-2-4-16-17(7-13)27-11-26-16/h2-7H,8-11H2,1H3,(H,21,22). The first-order valence-corrected chi connectivity index (χ1v) is 8.59. The minimum absolute atomic E-state index is 0.193. The molecule has 0 unspecified atom stereocenters. The van der Waals surface area contributed by atoms with E-state index in [1.165, 1.54) is 0 Å². The molecule has 1 aliphatic rings. The fourth-order valence-electron chi connectivity index (χ4n) is 2.40. The fourth-order valence-corrected chi connectivity index (χ4v) is 2.63. The minimum atomic E-state index is -0.637. The Labute approximate surface area is 161 Å². The Balaban J connectivity index is 1.37. The topological polar surface area (TPSA) is 83.1 Å². The molecule has 1 N–H and O–H groups in total. The number of amides is 1. The lowest BCUT2D eigenvalue weighted by Gasteiger charge is -2.10. The predicted molar refractivity (Wildman–Crippen MR) is 97.1 cm³/mol. The monoisotopic (exact) mass is 391 g/mol. The van der Waals surface area contributed by atoms with Crippen molar-refractivity contribution in [1.29, 1.82) is 0 Å². The van der Waals surface area contributed by atoms with Gasteiger partial charge in [0, 0.05) is 11.6 Å². The second-order valence-electron chi connectivity index (χ2n) is 5.82. The van der Waals surface area contributed by atoms with Crippen LogP contribution in [0.2, 0.25) is 5.02 Å². The van der Waals surface area contributed by atoms with Gasteiger partial charge in [-0.25, -0.2) is 4.79 Å². The Hall–Kier alpha value is -2.93. The van der Waals surface area contributed by atoms with Gasteiger partial charge < -0.3 is 24.3 Å². The maximum absolute atomic E-state index is 11.8. The van der Waals surface area contributed by atoms with Gasteiger partial charge in [-0.3, -0.25) is 4.79 Å². The lowest BCUT2D eigenvalue weighted by molar-refractivity contribution is -0.150. The van der Waals surface area contributed by atoms with Gasteiger partial charge >= 0.3 is 5.97 Å². The van der Waals surface area contributed by atoms with Gasteiger partial charge in [-0.15, -0.1) is 0 Å². The molecule has 0 spiro atoms. The van der Waals surface area contributed by atoms with E-state index in [2.05, 4.69) is 5.32 Å². The summed E-state index contributed by atoms with van der Waals surface area (Å²) in [6.07, 6.45) is 0. The van der Waals surface area contributed by atoms with Crippen LogP contribution >= 0.6 is 11.6 Å². The van der Waals surface area contributed by atoms with E-state index in [1.807, 2.05) is 13.0 Å². The van der Waals surface area contributed by atoms with Crippen molar-refractivity contribution >= 4 is 23.5 Å². The molecule has 27 heavy (non-hydrogen) atoms. The van der Waals surface area contributed by atoms with E-state index < -0.39 is 11.9 Å². The highest BCUT2D eigenvalue weighted by atomic mass is 35.5. The molecule has 0 saturated carbocycles. The van der Waals surface area contributed by atoms with Crippen molar-refractivity contribution in [2.75, 3.05) is 20.0 Å². The summed E-state index contributed by atoms with van der Waals surface area (Å²) in [5.41, 5.74) is 1.65. The molecule has 1 heterocycles. The smallest absolute Gasteiger partial charge is 0.344 e. The zero-order chi connectivity index (χ0) is 19.2. The summed E-state index contributed by atoms with van der Waals surface area (Å²) in [5.74, 6) is 0.799. The molecule has 3 rings (SSSR count). The van der Waals surface area contributed by atoms with Gasteiger partial charge in [0.15, 0.2) is 24.7 Å². The van der Waals surface area contributed by atoms with Crippen LogP contribution in [-0.4, -0.2) is 31.9 Å². The van der Waals surface area contributed by atoms with Crippen molar-refractivity contribution in [3.8, 4) is 17.2 Å². The fraction of sp³-hybridized carbons (Fsp3) is 0.263. The molecule has 2 aromatic rings. The molecule has 0 aliphatic carbocycles. The number of aryl methyl sites for hydroxylation is 1. The number of hydrogen-bond donors (Lipinski definition) is 1. The predicted octanol–water partition coefficient (Wildman–Crippen LogP) is 2.62. The van der Waals surface area contributed by atoms with Crippen LogP contribution in [0.4, 0.5) is 0 Å². The molecule has 0 radical (unpaired) electrons. The Morgan fingerprint density at radius 3 is 2.74 bits per heavy atom. The van der Waals surface area contributed by atoms with Gasteiger partial charge in [-0.2, -0.15) is 0 Å². The zero-order valence-corrected chi connectivity index (χ0v) is 15.4. The maximum atomic E-state index is 11.8. The van der Waals surface area contributed by atoms with E-state index in [9.17, 15) is 9.59 Å². The number of ether oxygens (including phenoxy) is 4. The summed E-state index contributed by atoms with van der Waals surface area (Å²) in [7, 11) is 0. The molecule has 8 heteroatoms. The average molecular weight is 392 g/mol. The van der Waals surface area contributed by atoms with Crippen LogP contribution in [0.3, 0.4) is 0 Å². The van der Waals surface area contributed by atoms with Gasteiger partial charge in [0.05, 0.1) is 0 Å². The molecule has 1 amide bonds. The van der Waals surface area contributed by atoms with Crippen LogP contribution in [0.15, 0.2) is 36.4 Å². The summed E-state index contributed by atoms with van der Waals surface area (Å²) in [6, 6.07) is 10.5. The Kier molecular flexibility index (Phi) is 6.03. The molecule has 7 nitrogen and oxygen atoms in total. The van der Waals surface area contributed by atoms with Gasteiger partial charge in [-0.1, -0.05) is 17.7 Å². The van der Waals surface area contributed by atoms with Crippen molar-refractivity contribution in [2.24, 2.45) is 0 Å². The molecule has 0 saturated heterocycles.